The van der Waals surface area contributed by atoms with Gasteiger partial charge in [0.1, 0.15) is 5.82 Å². The third-order valence-corrected chi connectivity index (χ3v) is 4.04. The van der Waals surface area contributed by atoms with Crippen molar-refractivity contribution in [3.05, 3.63) is 41.9 Å². The third-order valence-electron chi connectivity index (χ3n) is 3.25. The van der Waals surface area contributed by atoms with Crippen LogP contribution in [-0.2, 0) is 0 Å². The van der Waals surface area contributed by atoms with Crippen molar-refractivity contribution in [3.8, 4) is 0 Å². The van der Waals surface area contributed by atoms with Gasteiger partial charge in [-0.25, -0.2) is 9.78 Å². The van der Waals surface area contributed by atoms with Crippen molar-refractivity contribution in [1.29, 1.82) is 0 Å². The van der Waals surface area contributed by atoms with E-state index in [0.29, 0.717) is 0 Å². The molecule has 0 saturated carbocycles. The zero-order valence-electron chi connectivity index (χ0n) is 11.0. The van der Waals surface area contributed by atoms with Gasteiger partial charge >= 0.3 is 6.03 Å². The van der Waals surface area contributed by atoms with E-state index in [-0.39, 0.29) is 12.1 Å². The quantitative estimate of drug-likeness (QED) is 0.912. The Morgan fingerprint density at radius 3 is 3.05 bits per heavy atom. The van der Waals surface area contributed by atoms with Gasteiger partial charge in [0.15, 0.2) is 0 Å². The van der Waals surface area contributed by atoms with E-state index in [9.17, 15) is 4.79 Å². The van der Waals surface area contributed by atoms with E-state index in [4.69, 9.17) is 0 Å². The summed E-state index contributed by atoms with van der Waals surface area (Å²) in [7, 11) is 0. The predicted octanol–water partition coefficient (Wildman–Crippen LogP) is 2.54. The smallest absolute Gasteiger partial charge is 0.320 e. The van der Waals surface area contributed by atoms with E-state index in [1.54, 1.807) is 6.20 Å². The van der Waals surface area contributed by atoms with Crippen LogP contribution in [0.15, 0.2) is 41.9 Å². The SMILES string of the molecule is O=C(Nc1cccs1)NC1CCN(c2ccccn2)C1. The topological polar surface area (TPSA) is 57.3 Å². The number of urea groups is 1. The molecule has 5 nitrogen and oxygen atoms in total. The number of hydrogen-bond acceptors (Lipinski definition) is 4. The number of nitrogens with zero attached hydrogens (tertiary/aromatic N) is 2. The molecule has 1 fully saturated rings. The molecule has 0 aliphatic carbocycles. The van der Waals surface area contributed by atoms with Gasteiger partial charge in [0.05, 0.1) is 5.00 Å². The van der Waals surface area contributed by atoms with Gasteiger partial charge in [-0.15, -0.1) is 11.3 Å². The lowest BCUT2D eigenvalue weighted by Gasteiger charge is -2.17. The fourth-order valence-electron chi connectivity index (χ4n) is 2.31. The van der Waals surface area contributed by atoms with E-state index in [2.05, 4.69) is 20.5 Å². The van der Waals surface area contributed by atoms with Crippen molar-refractivity contribution in [3.63, 3.8) is 0 Å². The number of anilines is 2. The molecule has 1 aliphatic heterocycles. The summed E-state index contributed by atoms with van der Waals surface area (Å²) in [5.74, 6) is 0.968. The summed E-state index contributed by atoms with van der Waals surface area (Å²) < 4.78 is 0. The van der Waals surface area contributed by atoms with E-state index in [1.807, 2.05) is 35.7 Å². The first-order valence-electron chi connectivity index (χ1n) is 6.58. The largest absolute Gasteiger partial charge is 0.354 e. The summed E-state index contributed by atoms with van der Waals surface area (Å²) in [6.45, 7) is 1.72. The Labute approximate surface area is 121 Å². The predicted molar refractivity (Wildman–Crippen MR) is 81.3 cm³/mol. The third kappa shape index (κ3) is 3.08. The highest BCUT2D eigenvalue weighted by atomic mass is 32.1. The molecule has 2 N–H and O–H groups in total. The Morgan fingerprint density at radius 2 is 2.30 bits per heavy atom. The van der Waals surface area contributed by atoms with Crippen molar-refractivity contribution in [2.75, 3.05) is 23.3 Å². The Hall–Kier alpha value is -2.08. The zero-order chi connectivity index (χ0) is 13.8. The number of carbonyl (C=O) groups excluding carboxylic acids is 1. The van der Waals surface area contributed by atoms with Gasteiger partial charge < -0.3 is 10.2 Å². The van der Waals surface area contributed by atoms with Crippen molar-refractivity contribution < 1.29 is 4.79 Å². The molecule has 2 aromatic heterocycles. The molecule has 6 heteroatoms. The molecule has 104 valence electrons. The summed E-state index contributed by atoms with van der Waals surface area (Å²) in [6, 6.07) is 9.71. The number of aromatic nitrogens is 1. The molecular weight excluding hydrogens is 272 g/mol. The zero-order valence-corrected chi connectivity index (χ0v) is 11.8. The molecular formula is C14H16N4OS. The first kappa shape index (κ1) is 12.9. The second-order valence-corrected chi connectivity index (χ2v) is 5.64. The first-order valence-corrected chi connectivity index (χ1v) is 7.46. The van der Waals surface area contributed by atoms with Crippen molar-refractivity contribution >= 4 is 28.2 Å². The van der Waals surface area contributed by atoms with Crippen molar-refractivity contribution in [2.45, 2.75) is 12.5 Å². The Bertz CT molecular complexity index is 558. The number of nitrogens with one attached hydrogen (secondary N) is 2. The maximum absolute atomic E-state index is 11.9. The van der Waals surface area contributed by atoms with Crippen LogP contribution in [0.4, 0.5) is 15.6 Å². The second kappa shape index (κ2) is 5.92. The van der Waals surface area contributed by atoms with Crippen molar-refractivity contribution in [1.82, 2.24) is 10.3 Å². The van der Waals surface area contributed by atoms with E-state index in [0.717, 1.165) is 30.3 Å². The van der Waals surface area contributed by atoms with Crippen LogP contribution in [0.3, 0.4) is 0 Å². The minimum absolute atomic E-state index is 0.139. The van der Waals surface area contributed by atoms with Gasteiger partial charge in [0.2, 0.25) is 0 Å². The summed E-state index contributed by atoms with van der Waals surface area (Å²) in [4.78, 5) is 18.4. The molecule has 3 heterocycles. The highest BCUT2D eigenvalue weighted by Crippen LogP contribution is 2.18. The van der Waals surface area contributed by atoms with Gasteiger partial charge in [-0.1, -0.05) is 6.07 Å². The molecule has 1 atom stereocenters. The Balaban J connectivity index is 1.52. The molecule has 3 rings (SSSR count). The normalized spacial score (nSPS) is 18.0. The molecule has 1 unspecified atom stereocenters. The summed E-state index contributed by atoms with van der Waals surface area (Å²) in [5, 5.41) is 8.64. The van der Waals surface area contributed by atoms with Crippen LogP contribution in [0.2, 0.25) is 0 Å². The number of amides is 2. The average Bonchev–Trinajstić information content (AvgIpc) is 3.11. The maximum Gasteiger partial charge on any atom is 0.320 e. The van der Waals surface area contributed by atoms with Crippen LogP contribution < -0.4 is 15.5 Å². The molecule has 0 aromatic carbocycles. The second-order valence-electron chi connectivity index (χ2n) is 4.70. The Kier molecular flexibility index (Phi) is 3.83. The minimum Gasteiger partial charge on any atom is -0.354 e. The van der Waals surface area contributed by atoms with Crippen LogP contribution in [0.1, 0.15) is 6.42 Å². The highest BCUT2D eigenvalue weighted by Gasteiger charge is 2.24. The number of hydrogen-bond donors (Lipinski definition) is 2. The molecule has 0 radical (unpaired) electrons. The minimum atomic E-state index is -0.139. The summed E-state index contributed by atoms with van der Waals surface area (Å²) >= 11 is 1.51. The van der Waals surface area contributed by atoms with Gasteiger partial charge in [0.25, 0.3) is 0 Å². The molecule has 1 aliphatic rings. The van der Waals surface area contributed by atoms with Crippen molar-refractivity contribution in [2.24, 2.45) is 0 Å². The lowest BCUT2D eigenvalue weighted by atomic mass is 10.3. The summed E-state index contributed by atoms with van der Waals surface area (Å²) in [5.41, 5.74) is 0. The van der Waals surface area contributed by atoms with Gasteiger partial charge in [-0.2, -0.15) is 0 Å². The van der Waals surface area contributed by atoms with Crippen LogP contribution in [0.5, 0.6) is 0 Å². The van der Waals surface area contributed by atoms with Crippen LogP contribution in [0.25, 0.3) is 0 Å². The van der Waals surface area contributed by atoms with Crippen LogP contribution in [0, 0.1) is 0 Å². The van der Waals surface area contributed by atoms with Crippen LogP contribution in [-0.4, -0.2) is 30.1 Å². The van der Waals surface area contributed by atoms with E-state index >= 15 is 0 Å². The van der Waals surface area contributed by atoms with E-state index < -0.39 is 0 Å². The number of carbonyl (C=O) groups is 1. The molecule has 2 aromatic rings. The molecule has 2 amide bonds. The Morgan fingerprint density at radius 1 is 1.35 bits per heavy atom. The number of thiophene rings is 1. The fraction of sp³-hybridized carbons (Fsp3) is 0.286. The lowest BCUT2D eigenvalue weighted by Crippen LogP contribution is -2.39. The highest BCUT2D eigenvalue weighted by molar-refractivity contribution is 7.14. The van der Waals surface area contributed by atoms with Gasteiger partial charge in [-0.05, 0) is 36.1 Å². The molecule has 0 spiro atoms. The molecule has 1 saturated heterocycles. The number of pyridine rings is 1. The van der Waals surface area contributed by atoms with Gasteiger partial charge in [0, 0.05) is 25.3 Å². The van der Waals surface area contributed by atoms with Crippen LogP contribution >= 0.6 is 11.3 Å². The summed E-state index contributed by atoms with van der Waals surface area (Å²) in [6.07, 6.45) is 2.73. The molecule has 0 bridgehead atoms. The van der Waals surface area contributed by atoms with E-state index in [1.165, 1.54) is 11.3 Å². The average molecular weight is 288 g/mol. The number of rotatable bonds is 3. The van der Waals surface area contributed by atoms with Gasteiger partial charge in [-0.3, -0.25) is 5.32 Å². The molecule has 20 heavy (non-hydrogen) atoms. The maximum atomic E-state index is 11.9. The standard InChI is InChI=1S/C14H16N4OS/c19-14(17-13-5-3-9-20-13)16-11-6-8-18(10-11)12-4-1-2-7-15-12/h1-5,7,9,11H,6,8,10H2,(H2,16,17,19). The first-order chi connectivity index (χ1) is 9.81. The lowest BCUT2D eigenvalue weighted by molar-refractivity contribution is 0.249. The monoisotopic (exact) mass is 288 g/mol. The fourth-order valence-corrected chi connectivity index (χ4v) is 2.92.